The van der Waals surface area contributed by atoms with E-state index >= 15 is 0 Å². The minimum Gasteiger partial charge on any atom is -0.466 e. The van der Waals surface area contributed by atoms with E-state index in [-0.39, 0.29) is 28.9 Å². The smallest absolute Gasteiger partial charge is 0.309 e. The van der Waals surface area contributed by atoms with Gasteiger partial charge in [-0.1, -0.05) is 43.4 Å². The number of ether oxygens (including phenoxy) is 1. The molecule has 0 bridgehead atoms. The van der Waals surface area contributed by atoms with Crippen LogP contribution < -0.4 is 10.5 Å². The Balaban J connectivity index is 2.14. The molecule has 0 unspecified atom stereocenters. The number of esters is 1. The van der Waals surface area contributed by atoms with Crippen LogP contribution in [-0.4, -0.2) is 51.9 Å². The topological polar surface area (TPSA) is 95.6 Å². The molecule has 0 aliphatic carbocycles. The van der Waals surface area contributed by atoms with Crippen LogP contribution in [0.1, 0.15) is 56.2 Å². The van der Waals surface area contributed by atoms with Crippen LogP contribution in [0.25, 0.3) is 6.08 Å². The maximum absolute atomic E-state index is 13.4. The van der Waals surface area contributed by atoms with E-state index in [0.717, 1.165) is 12.8 Å². The molecule has 2 saturated heterocycles. The van der Waals surface area contributed by atoms with Gasteiger partial charge in [0, 0.05) is 31.7 Å². The number of hydrogen-bond donors (Lipinski definition) is 0. The first-order chi connectivity index (χ1) is 17.3. The lowest BCUT2D eigenvalue weighted by atomic mass is 9.95. The predicted octanol–water partition coefficient (Wildman–Crippen LogP) is 4.00. The number of aromatic nitrogens is 1. The lowest BCUT2D eigenvalue weighted by Gasteiger charge is -2.35. The minimum atomic E-state index is -0.331. The van der Waals surface area contributed by atoms with Crippen molar-refractivity contribution in [3.05, 3.63) is 44.6 Å². The van der Waals surface area contributed by atoms with Gasteiger partial charge in [0.15, 0.2) is 0 Å². The molecule has 3 rings (SSSR count). The summed E-state index contributed by atoms with van der Waals surface area (Å²) >= 11 is 6.60. The first kappa shape index (κ1) is 27.7. The lowest BCUT2D eigenvalue weighted by Crippen LogP contribution is -2.41. The molecule has 1 aromatic rings. The van der Waals surface area contributed by atoms with Crippen molar-refractivity contribution in [2.24, 2.45) is 5.92 Å². The van der Waals surface area contributed by atoms with E-state index in [0.29, 0.717) is 71.8 Å². The summed E-state index contributed by atoms with van der Waals surface area (Å²) in [4.78, 5) is 42.8. The number of hydrogen-bond acceptors (Lipinski definition) is 8. The van der Waals surface area contributed by atoms with Crippen molar-refractivity contribution in [2.45, 2.75) is 53.0 Å². The van der Waals surface area contributed by atoms with Gasteiger partial charge in [0.2, 0.25) is 0 Å². The molecule has 2 fully saturated rings. The number of unbranched alkanes of at least 4 members (excludes halogenated alkanes) is 1. The summed E-state index contributed by atoms with van der Waals surface area (Å²) in [6.07, 6.45) is 6.22. The van der Waals surface area contributed by atoms with Crippen LogP contribution >= 0.6 is 24.0 Å². The SMILES string of the molecule is C=CCN1C(=O)/C(=C\c2c(C)c(C#N)c(=O)n(CCCC)c2N2CCC(C(=O)OCC)CC2)SC1=S. The van der Waals surface area contributed by atoms with E-state index in [1.807, 2.05) is 6.92 Å². The standard InChI is InChI=1S/C26H32N4O4S2/c1-5-8-12-29-22(28-13-9-18(10-14-28)25(33)34-7-3)19(17(4)20(16-27)23(29)31)15-21-24(32)30(11-6-2)26(35)36-21/h6,15,18H,2,5,7-14H2,1,3-4H3/b21-15+. The number of anilines is 1. The summed E-state index contributed by atoms with van der Waals surface area (Å²) < 4.78 is 7.32. The van der Waals surface area contributed by atoms with Gasteiger partial charge < -0.3 is 9.64 Å². The van der Waals surface area contributed by atoms with Gasteiger partial charge in [0.05, 0.1) is 17.4 Å². The Labute approximate surface area is 221 Å². The molecular formula is C26H32N4O4S2. The molecule has 0 N–H and O–H groups in total. The zero-order chi connectivity index (χ0) is 26.4. The van der Waals surface area contributed by atoms with E-state index in [4.69, 9.17) is 17.0 Å². The average molecular weight is 529 g/mol. The quantitative estimate of drug-likeness (QED) is 0.205. The van der Waals surface area contributed by atoms with Crippen LogP contribution in [-0.2, 0) is 20.9 Å². The maximum Gasteiger partial charge on any atom is 0.309 e. The van der Waals surface area contributed by atoms with Gasteiger partial charge in [-0.05, 0) is 44.7 Å². The van der Waals surface area contributed by atoms with Crippen molar-refractivity contribution in [1.29, 1.82) is 5.26 Å². The summed E-state index contributed by atoms with van der Waals surface area (Å²) in [6, 6.07) is 2.08. The van der Waals surface area contributed by atoms with Gasteiger partial charge in [-0.2, -0.15) is 5.26 Å². The van der Waals surface area contributed by atoms with Crippen molar-refractivity contribution in [1.82, 2.24) is 9.47 Å². The Morgan fingerprint density at radius 3 is 2.58 bits per heavy atom. The maximum atomic E-state index is 13.4. The van der Waals surface area contributed by atoms with E-state index in [9.17, 15) is 19.6 Å². The number of piperidine rings is 1. The number of thioether (sulfide) groups is 1. The molecule has 0 spiro atoms. The molecule has 10 heteroatoms. The molecule has 0 radical (unpaired) electrons. The predicted molar refractivity (Wildman–Crippen MR) is 147 cm³/mol. The number of nitriles is 1. The van der Waals surface area contributed by atoms with Crippen LogP contribution in [0.15, 0.2) is 22.4 Å². The molecule has 2 aliphatic rings. The fourth-order valence-electron chi connectivity index (χ4n) is 4.51. The molecule has 0 atom stereocenters. The van der Waals surface area contributed by atoms with Crippen LogP contribution in [0.4, 0.5) is 5.82 Å². The zero-order valence-corrected chi connectivity index (χ0v) is 22.7. The molecule has 192 valence electrons. The number of carbonyl (C=O) groups excluding carboxylic acids is 2. The van der Waals surface area contributed by atoms with E-state index in [1.54, 1.807) is 30.6 Å². The summed E-state index contributed by atoms with van der Waals surface area (Å²) in [7, 11) is 0. The highest BCUT2D eigenvalue weighted by atomic mass is 32.2. The number of carbonyl (C=O) groups is 2. The molecule has 0 saturated carbocycles. The first-order valence-corrected chi connectivity index (χ1v) is 13.5. The number of nitrogens with zero attached hydrogens (tertiary/aromatic N) is 4. The minimum absolute atomic E-state index is 0.0732. The zero-order valence-electron chi connectivity index (χ0n) is 21.0. The number of rotatable bonds is 9. The van der Waals surface area contributed by atoms with Crippen molar-refractivity contribution >= 4 is 52.1 Å². The Morgan fingerprint density at radius 1 is 1.31 bits per heavy atom. The third-order valence-corrected chi connectivity index (χ3v) is 7.83. The highest BCUT2D eigenvalue weighted by Gasteiger charge is 2.34. The molecule has 8 nitrogen and oxygen atoms in total. The Morgan fingerprint density at radius 2 is 2.00 bits per heavy atom. The van der Waals surface area contributed by atoms with Crippen LogP contribution in [0.5, 0.6) is 0 Å². The fraction of sp³-hybridized carbons (Fsp3) is 0.500. The lowest BCUT2D eigenvalue weighted by molar-refractivity contribution is -0.148. The second-order valence-electron chi connectivity index (χ2n) is 8.75. The van der Waals surface area contributed by atoms with Crippen LogP contribution in [0, 0.1) is 24.2 Å². The largest absolute Gasteiger partial charge is 0.466 e. The summed E-state index contributed by atoms with van der Waals surface area (Å²) in [5.74, 6) is 0.0834. The van der Waals surface area contributed by atoms with Crippen molar-refractivity contribution in [3.63, 3.8) is 0 Å². The number of thiocarbonyl (C=S) groups is 1. The molecule has 1 aromatic heterocycles. The van der Waals surface area contributed by atoms with Gasteiger partial charge in [-0.3, -0.25) is 23.9 Å². The van der Waals surface area contributed by atoms with E-state index in [1.165, 1.54) is 16.7 Å². The second-order valence-corrected chi connectivity index (χ2v) is 10.4. The molecule has 36 heavy (non-hydrogen) atoms. The molecular weight excluding hydrogens is 496 g/mol. The van der Waals surface area contributed by atoms with Gasteiger partial charge in [0.1, 0.15) is 21.8 Å². The molecule has 2 aliphatic heterocycles. The third kappa shape index (κ3) is 5.57. The van der Waals surface area contributed by atoms with Gasteiger partial charge in [-0.25, -0.2) is 0 Å². The first-order valence-electron chi connectivity index (χ1n) is 12.2. The Hall–Kier alpha value is -2.90. The van der Waals surface area contributed by atoms with Gasteiger partial charge in [-0.15, -0.1) is 6.58 Å². The average Bonchev–Trinajstić information content (AvgIpc) is 3.13. The normalized spacial score (nSPS) is 17.6. The number of pyridine rings is 1. The Kier molecular flexibility index (Phi) is 9.51. The van der Waals surface area contributed by atoms with Crippen LogP contribution in [0.3, 0.4) is 0 Å². The third-order valence-electron chi connectivity index (χ3n) is 6.46. The van der Waals surface area contributed by atoms with E-state index in [2.05, 4.69) is 17.5 Å². The van der Waals surface area contributed by atoms with Crippen LogP contribution in [0.2, 0.25) is 0 Å². The van der Waals surface area contributed by atoms with Crippen molar-refractivity contribution in [2.75, 3.05) is 31.1 Å². The summed E-state index contributed by atoms with van der Waals surface area (Å²) in [5, 5.41) is 9.83. The monoisotopic (exact) mass is 528 g/mol. The molecule has 0 aromatic carbocycles. The van der Waals surface area contributed by atoms with E-state index < -0.39 is 0 Å². The van der Waals surface area contributed by atoms with Gasteiger partial charge in [0.25, 0.3) is 11.5 Å². The summed E-state index contributed by atoms with van der Waals surface area (Å²) in [6.45, 7) is 11.5. The highest BCUT2D eigenvalue weighted by molar-refractivity contribution is 8.26. The van der Waals surface area contributed by atoms with Gasteiger partial charge >= 0.3 is 5.97 Å². The highest BCUT2D eigenvalue weighted by Crippen LogP contribution is 2.37. The molecule has 1 amide bonds. The van der Waals surface area contributed by atoms with Crippen molar-refractivity contribution < 1.29 is 14.3 Å². The second kappa shape index (κ2) is 12.4. The Bertz CT molecular complexity index is 1190. The summed E-state index contributed by atoms with van der Waals surface area (Å²) in [5.41, 5.74) is 0.939. The fourth-order valence-corrected chi connectivity index (χ4v) is 5.77. The van der Waals surface area contributed by atoms with Crippen molar-refractivity contribution in [3.8, 4) is 6.07 Å². The molecule has 3 heterocycles. The number of amides is 1.